The number of hydrogen-bond donors (Lipinski definition) is 2. The van der Waals surface area contributed by atoms with Gasteiger partial charge in [0, 0.05) is 26.1 Å². The second kappa shape index (κ2) is 7.40. The molecule has 0 saturated heterocycles. The fraction of sp³-hybridized carbons (Fsp3) is 0.357. The second-order valence-corrected chi connectivity index (χ2v) is 4.98. The third-order valence-corrected chi connectivity index (χ3v) is 3.37. The molecule has 2 rings (SSSR count). The molecule has 1 heterocycles. The number of nitro groups is 1. The number of benzene rings is 1. The molecule has 0 saturated carbocycles. The van der Waals surface area contributed by atoms with Gasteiger partial charge in [0.15, 0.2) is 5.58 Å². The van der Waals surface area contributed by atoms with E-state index in [1.54, 1.807) is 0 Å². The number of oxazole rings is 1. The molecule has 1 aromatic carbocycles. The van der Waals surface area contributed by atoms with Gasteiger partial charge in [-0.3, -0.25) is 24.3 Å². The molecule has 0 radical (unpaired) electrons. The Morgan fingerprint density at radius 2 is 2.08 bits per heavy atom. The summed E-state index contributed by atoms with van der Waals surface area (Å²) in [6.45, 7) is 0.116. The number of aryl methyl sites for hydroxylation is 1. The van der Waals surface area contributed by atoms with Crippen molar-refractivity contribution in [2.75, 3.05) is 13.6 Å². The normalized spacial score (nSPS) is 10.5. The lowest BCUT2D eigenvalue weighted by molar-refractivity contribution is -0.384. The predicted octanol–water partition coefficient (Wildman–Crippen LogP) is 0.145. The van der Waals surface area contributed by atoms with E-state index in [-0.39, 0.29) is 42.6 Å². The maximum Gasteiger partial charge on any atom is 0.419 e. The standard InChI is InChI=1S/C14H16N4O6/c1-15-13(20)8-16-12(19)3-2-6-17-10-5-4-9(18(22)23)7-11(10)24-14(17)21/h4-5,7H,2-3,6,8H2,1H3,(H,15,20)(H,16,19). The summed E-state index contributed by atoms with van der Waals surface area (Å²) in [6, 6.07) is 3.90. The van der Waals surface area contributed by atoms with Gasteiger partial charge in [-0.25, -0.2) is 4.79 Å². The molecule has 2 N–H and O–H groups in total. The van der Waals surface area contributed by atoms with E-state index in [9.17, 15) is 24.5 Å². The van der Waals surface area contributed by atoms with E-state index >= 15 is 0 Å². The molecule has 0 fully saturated rings. The van der Waals surface area contributed by atoms with Crippen LogP contribution in [0.1, 0.15) is 12.8 Å². The number of non-ortho nitro benzene ring substituents is 1. The Morgan fingerprint density at radius 3 is 2.75 bits per heavy atom. The van der Waals surface area contributed by atoms with Crippen molar-refractivity contribution in [3.05, 3.63) is 38.9 Å². The molecule has 0 spiro atoms. The first kappa shape index (κ1) is 17.2. The number of carbonyl (C=O) groups is 2. The highest BCUT2D eigenvalue weighted by molar-refractivity contribution is 5.84. The summed E-state index contributed by atoms with van der Waals surface area (Å²) in [5, 5.41) is 15.5. The van der Waals surface area contributed by atoms with Gasteiger partial charge in [0.2, 0.25) is 11.8 Å². The molecule has 24 heavy (non-hydrogen) atoms. The topological polar surface area (TPSA) is 136 Å². The van der Waals surface area contributed by atoms with Gasteiger partial charge in [-0.05, 0) is 12.5 Å². The molecule has 0 atom stereocenters. The average molecular weight is 336 g/mol. The Hall–Kier alpha value is -3.17. The van der Waals surface area contributed by atoms with Gasteiger partial charge < -0.3 is 15.1 Å². The zero-order chi connectivity index (χ0) is 17.7. The van der Waals surface area contributed by atoms with Crippen LogP contribution in [-0.2, 0) is 16.1 Å². The van der Waals surface area contributed by atoms with Crippen LogP contribution in [0.3, 0.4) is 0 Å². The molecule has 10 heteroatoms. The minimum Gasteiger partial charge on any atom is -0.407 e. The number of amides is 2. The molecule has 0 aliphatic carbocycles. The molecule has 2 amide bonds. The third kappa shape index (κ3) is 3.97. The highest BCUT2D eigenvalue weighted by atomic mass is 16.6. The molecule has 0 bridgehead atoms. The van der Waals surface area contributed by atoms with Crippen LogP contribution in [0.25, 0.3) is 11.1 Å². The molecular formula is C14H16N4O6. The summed E-state index contributed by atoms with van der Waals surface area (Å²) in [5.74, 6) is -1.26. The lowest BCUT2D eigenvalue weighted by Crippen LogP contribution is -2.35. The Labute approximate surface area is 135 Å². The number of rotatable bonds is 7. The second-order valence-electron chi connectivity index (χ2n) is 4.98. The molecule has 1 aromatic heterocycles. The molecule has 0 unspecified atom stereocenters. The smallest absolute Gasteiger partial charge is 0.407 e. The van der Waals surface area contributed by atoms with E-state index in [0.717, 1.165) is 0 Å². The summed E-state index contributed by atoms with van der Waals surface area (Å²) in [7, 11) is 1.47. The zero-order valence-corrected chi connectivity index (χ0v) is 12.9. The van der Waals surface area contributed by atoms with E-state index in [4.69, 9.17) is 4.42 Å². The van der Waals surface area contributed by atoms with Crippen molar-refractivity contribution in [2.24, 2.45) is 0 Å². The molecule has 0 aliphatic rings. The van der Waals surface area contributed by atoms with Crippen LogP contribution in [0.5, 0.6) is 0 Å². The lowest BCUT2D eigenvalue weighted by Gasteiger charge is -2.05. The van der Waals surface area contributed by atoms with Gasteiger partial charge in [-0.2, -0.15) is 0 Å². The Balaban J connectivity index is 1.99. The van der Waals surface area contributed by atoms with E-state index in [2.05, 4.69) is 10.6 Å². The summed E-state index contributed by atoms with van der Waals surface area (Å²) < 4.78 is 6.30. The van der Waals surface area contributed by atoms with Gasteiger partial charge in [-0.15, -0.1) is 0 Å². The zero-order valence-electron chi connectivity index (χ0n) is 12.9. The lowest BCUT2D eigenvalue weighted by atomic mass is 10.2. The van der Waals surface area contributed by atoms with Gasteiger partial charge in [0.25, 0.3) is 5.69 Å². The van der Waals surface area contributed by atoms with Crippen molar-refractivity contribution in [2.45, 2.75) is 19.4 Å². The van der Waals surface area contributed by atoms with Crippen molar-refractivity contribution in [1.29, 1.82) is 0 Å². The first-order valence-electron chi connectivity index (χ1n) is 7.17. The van der Waals surface area contributed by atoms with Crippen molar-refractivity contribution >= 4 is 28.6 Å². The van der Waals surface area contributed by atoms with Gasteiger partial charge >= 0.3 is 5.76 Å². The van der Waals surface area contributed by atoms with Crippen LogP contribution in [0, 0.1) is 10.1 Å². The summed E-state index contributed by atoms with van der Waals surface area (Å²) in [5.41, 5.74) is 0.381. The molecule has 0 aliphatic heterocycles. The van der Waals surface area contributed by atoms with Gasteiger partial charge in [0.05, 0.1) is 23.1 Å². The van der Waals surface area contributed by atoms with E-state index in [1.807, 2.05) is 0 Å². The SMILES string of the molecule is CNC(=O)CNC(=O)CCCn1c(=O)oc2cc([N+](=O)[O-])ccc21. The van der Waals surface area contributed by atoms with E-state index in [0.29, 0.717) is 11.9 Å². The molecule has 10 nitrogen and oxygen atoms in total. The maximum atomic E-state index is 11.8. The van der Waals surface area contributed by atoms with Crippen LogP contribution < -0.4 is 16.4 Å². The van der Waals surface area contributed by atoms with E-state index < -0.39 is 10.7 Å². The first-order chi connectivity index (χ1) is 11.4. The van der Waals surface area contributed by atoms with Crippen LogP contribution in [0.15, 0.2) is 27.4 Å². The van der Waals surface area contributed by atoms with Crippen LogP contribution in [0.2, 0.25) is 0 Å². The number of nitrogens with one attached hydrogen (secondary N) is 2. The predicted molar refractivity (Wildman–Crippen MR) is 83.4 cm³/mol. The minimum atomic E-state index is -0.642. The number of likely N-dealkylation sites (N-methyl/N-ethyl adjacent to an activating group) is 1. The Morgan fingerprint density at radius 1 is 1.33 bits per heavy atom. The van der Waals surface area contributed by atoms with Crippen molar-refractivity contribution in [1.82, 2.24) is 15.2 Å². The minimum absolute atomic E-state index is 0.104. The number of fused-ring (bicyclic) bond motifs is 1. The van der Waals surface area contributed by atoms with E-state index in [1.165, 1.54) is 29.8 Å². The number of aromatic nitrogens is 1. The van der Waals surface area contributed by atoms with Crippen LogP contribution in [0.4, 0.5) is 5.69 Å². The number of nitro benzene ring substituents is 1. The van der Waals surface area contributed by atoms with Crippen molar-refractivity contribution < 1.29 is 18.9 Å². The van der Waals surface area contributed by atoms with Gasteiger partial charge in [0.1, 0.15) is 0 Å². The summed E-state index contributed by atoms with van der Waals surface area (Å²) in [4.78, 5) is 44.6. The summed E-state index contributed by atoms with van der Waals surface area (Å²) >= 11 is 0. The van der Waals surface area contributed by atoms with Crippen LogP contribution in [-0.4, -0.2) is 34.9 Å². The Bertz CT molecular complexity index is 837. The van der Waals surface area contributed by atoms with Gasteiger partial charge in [-0.1, -0.05) is 0 Å². The fourth-order valence-corrected chi connectivity index (χ4v) is 2.13. The first-order valence-corrected chi connectivity index (χ1v) is 7.17. The molecular weight excluding hydrogens is 320 g/mol. The molecule has 2 aromatic rings. The largest absolute Gasteiger partial charge is 0.419 e. The number of carbonyl (C=O) groups excluding carboxylic acids is 2. The van der Waals surface area contributed by atoms with Crippen LogP contribution >= 0.6 is 0 Å². The number of nitrogens with zero attached hydrogens (tertiary/aromatic N) is 2. The maximum absolute atomic E-state index is 11.8. The van der Waals surface area contributed by atoms with Crippen molar-refractivity contribution in [3.63, 3.8) is 0 Å². The molecule has 128 valence electrons. The highest BCUT2D eigenvalue weighted by Crippen LogP contribution is 2.20. The fourth-order valence-electron chi connectivity index (χ4n) is 2.13. The third-order valence-electron chi connectivity index (χ3n) is 3.37. The quantitative estimate of drug-likeness (QED) is 0.545. The monoisotopic (exact) mass is 336 g/mol. The van der Waals surface area contributed by atoms with Crippen molar-refractivity contribution in [3.8, 4) is 0 Å². The average Bonchev–Trinajstić information content (AvgIpc) is 2.87. The Kier molecular flexibility index (Phi) is 5.30. The highest BCUT2D eigenvalue weighted by Gasteiger charge is 2.14. The summed E-state index contributed by atoms with van der Waals surface area (Å²) in [6.07, 6.45) is 0.480. The number of hydrogen-bond acceptors (Lipinski definition) is 6.